The molecule has 2 rings (SSSR count). The summed E-state index contributed by atoms with van der Waals surface area (Å²) in [6.45, 7) is 5.72. The fourth-order valence-corrected chi connectivity index (χ4v) is 4.72. The topological polar surface area (TPSA) is 92.5 Å². The molecule has 160 valence electrons. The largest absolute Gasteiger partial charge is 0.354 e. The predicted octanol–water partition coefficient (Wildman–Crippen LogP) is 2.85. The summed E-state index contributed by atoms with van der Waals surface area (Å²) in [6, 6.07) is 6.90. The van der Waals surface area contributed by atoms with Gasteiger partial charge in [0.05, 0.1) is 4.90 Å². The minimum absolute atomic E-state index is 0. The second kappa shape index (κ2) is 11.1. The van der Waals surface area contributed by atoms with Gasteiger partial charge in [0, 0.05) is 31.6 Å². The van der Waals surface area contributed by atoms with Crippen molar-refractivity contribution in [1.82, 2.24) is 9.62 Å². The fourth-order valence-electron chi connectivity index (χ4n) is 3.20. The normalized spacial score (nSPS) is 15.7. The SMILES string of the molecule is CCC(N)(CC)CNC(=O)CCc1ccc(S(=O)(=O)N2CCCCC2)cc1.Cl. The van der Waals surface area contributed by atoms with E-state index < -0.39 is 10.0 Å². The lowest BCUT2D eigenvalue weighted by Crippen LogP contribution is -2.49. The first-order valence-electron chi connectivity index (χ1n) is 9.95. The number of nitrogens with one attached hydrogen (secondary N) is 1. The van der Waals surface area contributed by atoms with Gasteiger partial charge in [0.2, 0.25) is 15.9 Å². The van der Waals surface area contributed by atoms with E-state index in [1.54, 1.807) is 28.6 Å². The zero-order valence-electron chi connectivity index (χ0n) is 16.9. The third-order valence-electron chi connectivity index (χ3n) is 5.56. The van der Waals surface area contributed by atoms with Gasteiger partial charge in [-0.25, -0.2) is 8.42 Å². The van der Waals surface area contributed by atoms with Crippen LogP contribution in [-0.4, -0.2) is 43.8 Å². The van der Waals surface area contributed by atoms with E-state index >= 15 is 0 Å². The van der Waals surface area contributed by atoms with Gasteiger partial charge in [-0.2, -0.15) is 4.31 Å². The molecule has 0 aliphatic carbocycles. The Morgan fingerprint density at radius 2 is 1.68 bits per heavy atom. The van der Waals surface area contributed by atoms with Crippen LogP contribution in [0.1, 0.15) is 57.9 Å². The van der Waals surface area contributed by atoms with Crippen molar-refractivity contribution < 1.29 is 13.2 Å². The molecule has 1 aliphatic heterocycles. The van der Waals surface area contributed by atoms with Gasteiger partial charge in [0.1, 0.15) is 0 Å². The lowest BCUT2D eigenvalue weighted by atomic mass is 9.94. The summed E-state index contributed by atoms with van der Waals surface area (Å²) in [5.74, 6) is -0.0308. The first kappa shape index (κ1) is 24.9. The summed E-state index contributed by atoms with van der Waals surface area (Å²) in [5.41, 5.74) is 6.80. The third-order valence-corrected chi connectivity index (χ3v) is 7.48. The Labute approximate surface area is 175 Å². The molecule has 28 heavy (non-hydrogen) atoms. The second-order valence-corrected chi connectivity index (χ2v) is 9.39. The van der Waals surface area contributed by atoms with E-state index in [9.17, 15) is 13.2 Å². The Bertz CT molecular complexity index is 713. The molecule has 0 atom stereocenters. The third kappa shape index (κ3) is 6.72. The first-order chi connectivity index (χ1) is 12.8. The van der Waals surface area contributed by atoms with Gasteiger partial charge in [-0.3, -0.25) is 4.79 Å². The molecule has 0 unspecified atom stereocenters. The van der Waals surface area contributed by atoms with Crippen molar-refractivity contribution in [3.05, 3.63) is 29.8 Å². The molecule has 1 fully saturated rings. The molecule has 3 N–H and O–H groups in total. The van der Waals surface area contributed by atoms with Crippen LogP contribution in [-0.2, 0) is 21.2 Å². The highest BCUT2D eigenvalue weighted by Crippen LogP contribution is 2.21. The Morgan fingerprint density at radius 3 is 2.21 bits per heavy atom. The van der Waals surface area contributed by atoms with Crippen molar-refractivity contribution in [2.75, 3.05) is 19.6 Å². The highest BCUT2D eigenvalue weighted by molar-refractivity contribution is 7.89. The van der Waals surface area contributed by atoms with Crippen molar-refractivity contribution in [2.45, 2.75) is 69.2 Å². The minimum Gasteiger partial charge on any atom is -0.354 e. The number of carbonyl (C=O) groups is 1. The van der Waals surface area contributed by atoms with Crippen LogP contribution < -0.4 is 11.1 Å². The number of carbonyl (C=O) groups excluding carboxylic acids is 1. The Balaban J connectivity index is 0.00000392. The van der Waals surface area contributed by atoms with Crippen LogP contribution in [0.15, 0.2) is 29.2 Å². The zero-order chi connectivity index (χ0) is 19.9. The zero-order valence-corrected chi connectivity index (χ0v) is 18.6. The molecule has 0 aromatic heterocycles. The standard InChI is InChI=1S/C20H33N3O3S.ClH/c1-3-20(21,4-2)16-22-19(24)13-10-17-8-11-18(12-9-17)27(25,26)23-14-6-5-7-15-23;/h8-9,11-12H,3-7,10,13-16,21H2,1-2H3,(H,22,24);1H. The highest BCUT2D eigenvalue weighted by Gasteiger charge is 2.25. The van der Waals surface area contributed by atoms with Crippen molar-refractivity contribution in [3.63, 3.8) is 0 Å². The van der Waals surface area contributed by atoms with E-state index in [1.807, 2.05) is 13.8 Å². The summed E-state index contributed by atoms with van der Waals surface area (Å²) in [7, 11) is -3.40. The number of benzene rings is 1. The Hall–Kier alpha value is -1.15. The van der Waals surface area contributed by atoms with Gasteiger partial charge in [0.25, 0.3) is 0 Å². The molecule has 1 heterocycles. The molecule has 1 aliphatic rings. The molecule has 1 amide bonds. The number of hydrogen-bond donors (Lipinski definition) is 2. The van der Waals surface area contributed by atoms with Crippen molar-refractivity contribution in [3.8, 4) is 0 Å². The number of amides is 1. The molecule has 0 saturated carbocycles. The summed E-state index contributed by atoms with van der Waals surface area (Å²) in [6.07, 6.45) is 5.51. The second-order valence-electron chi connectivity index (χ2n) is 7.45. The van der Waals surface area contributed by atoms with E-state index in [0.717, 1.165) is 37.7 Å². The molecule has 0 bridgehead atoms. The average Bonchev–Trinajstić information content (AvgIpc) is 2.71. The van der Waals surface area contributed by atoms with Crippen molar-refractivity contribution >= 4 is 28.3 Å². The van der Waals surface area contributed by atoms with Gasteiger partial charge in [-0.1, -0.05) is 32.4 Å². The average molecular weight is 432 g/mol. The fraction of sp³-hybridized carbons (Fsp3) is 0.650. The lowest BCUT2D eigenvalue weighted by Gasteiger charge is -2.26. The number of sulfonamides is 1. The quantitative estimate of drug-likeness (QED) is 0.628. The summed E-state index contributed by atoms with van der Waals surface area (Å²) in [5, 5.41) is 2.91. The van der Waals surface area contributed by atoms with Crippen LogP contribution in [0.5, 0.6) is 0 Å². The number of aryl methyl sites for hydroxylation is 1. The van der Waals surface area contributed by atoms with Crippen LogP contribution in [0.25, 0.3) is 0 Å². The van der Waals surface area contributed by atoms with E-state index in [4.69, 9.17) is 5.73 Å². The van der Waals surface area contributed by atoms with Gasteiger partial charge >= 0.3 is 0 Å². The number of nitrogens with two attached hydrogens (primary N) is 1. The molecule has 8 heteroatoms. The van der Waals surface area contributed by atoms with Gasteiger partial charge in [-0.05, 0) is 49.8 Å². The molecule has 6 nitrogen and oxygen atoms in total. The molecule has 0 radical (unpaired) electrons. The Kier molecular flexibility index (Phi) is 9.90. The number of nitrogens with zero attached hydrogens (tertiary/aromatic N) is 1. The van der Waals surface area contributed by atoms with E-state index in [0.29, 0.717) is 37.4 Å². The van der Waals surface area contributed by atoms with Crippen LogP contribution in [0.2, 0.25) is 0 Å². The first-order valence-corrected chi connectivity index (χ1v) is 11.4. The monoisotopic (exact) mass is 431 g/mol. The maximum Gasteiger partial charge on any atom is 0.243 e. The number of halogens is 1. The van der Waals surface area contributed by atoms with Crippen LogP contribution in [0, 0.1) is 0 Å². The molecule has 1 aromatic carbocycles. The van der Waals surface area contributed by atoms with Gasteiger partial charge in [-0.15, -0.1) is 12.4 Å². The van der Waals surface area contributed by atoms with Gasteiger partial charge in [0.15, 0.2) is 0 Å². The number of rotatable bonds is 9. The van der Waals surface area contributed by atoms with Crippen LogP contribution in [0.4, 0.5) is 0 Å². The lowest BCUT2D eigenvalue weighted by molar-refractivity contribution is -0.121. The highest BCUT2D eigenvalue weighted by atomic mass is 35.5. The molecule has 0 spiro atoms. The molecular weight excluding hydrogens is 398 g/mol. The predicted molar refractivity (Wildman–Crippen MR) is 115 cm³/mol. The van der Waals surface area contributed by atoms with E-state index in [1.165, 1.54) is 0 Å². The van der Waals surface area contributed by atoms with Crippen LogP contribution in [0.3, 0.4) is 0 Å². The summed E-state index contributed by atoms with van der Waals surface area (Å²) >= 11 is 0. The number of hydrogen-bond acceptors (Lipinski definition) is 4. The maximum absolute atomic E-state index is 12.7. The molecular formula is C20H34ClN3O3S. The minimum atomic E-state index is -3.40. The van der Waals surface area contributed by atoms with Crippen LogP contribution >= 0.6 is 12.4 Å². The van der Waals surface area contributed by atoms with Crippen molar-refractivity contribution in [1.29, 1.82) is 0 Å². The summed E-state index contributed by atoms with van der Waals surface area (Å²) in [4.78, 5) is 12.4. The Morgan fingerprint density at radius 1 is 1.11 bits per heavy atom. The smallest absolute Gasteiger partial charge is 0.243 e. The molecule has 1 aromatic rings. The van der Waals surface area contributed by atoms with E-state index in [-0.39, 0.29) is 23.9 Å². The van der Waals surface area contributed by atoms with Crippen molar-refractivity contribution in [2.24, 2.45) is 5.73 Å². The molecule has 1 saturated heterocycles. The number of piperidine rings is 1. The maximum atomic E-state index is 12.7. The van der Waals surface area contributed by atoms with E-state index in [2.05, 4.69) is 5.32 Å². The summed E-state index contributed by atoms with van der Waals surface area (Å²) < 4.78 is 26.9. The van der Waals surface area contributed by atoms with Gasteiger partial charge < -0.3 is 11.1 Å².